The number of nitrogens with zero attached hydrogens (tertiary/aromatic N) is 3. The molecule has 204 valence electrons. The Morgan fingerprint density at radius 3 is 2.59 bits per heavy atom. The normalized spacial score (nSPS) is 24.4. The van der Waals surface area contributed by atoms with Gasteiger partial charge in [-0.2, -0.15) is 0 Å². The van der Waals surface area contributed by atoms with Gasteiger partial charge in [0.25, 0.3) is 11.8 Å². The molecular formula is C27H30N6O5S. The molecule has 5 atom stereocenters. The van der Waals surface area contributed by atoms with Gasteiger partial charge in [0.1, 0.15) is 35.7 Å². The summed E-state index contributed by atoms with van der Waals surface area (Å²) in [5.74, 6) is -0.702. The van der Waals surface area contributed by atoms with Gasteiger partial charge >= 0.3 is 0 Å². The third-order valence-electron chi connectivity index (χ3n) is 6.86. The lowest BCUT2D eigenvalue weighted by molar-refractivity contribution is -0.123. The summed E-state index contributed by atoms with van der Waals surface area (Å²) < 4.78 is 11.3. The van der Waals surface area contributed by atoms with E-state index in [0.29, 0.717) is 11.4 Å². The first kappa shape index (κ1) is 26.5. The lowest BCUT2D eigenvalue weighted by Gasteiger charge is -2.22. The highest BCUT2D eigenvalue weighted by Gasteiger charge is 2.34. The maximum atomic E-state index is 13.3. The van der Waals surface area contributed by atoms with Crippen molar-refractivity contribution in [1.82, 2.24) is 25.9 Å². The van der Waals surface area contributed by atoms with E-state index >= 15 is 0 Å². The van der Waals surface area contributed by atoms with E-state index in [0.717, 1.165) is 12.0 Å². The minimum Gasteiger partial charge on any atom is -0.477 e. The summed E-state index contributed by atoms with van der Waals surface area (Å²) in [5, 5.41) is 11.1. The molecule has 1 aromatic carbocycles. The monoisotopic (exact) mass is 550 g/mol. The number of thiazole rings is 1. The van der Waals surface area contributed by atoms with E-state index in [9.17, 15) is 14.4 Å². The van der Waals surface area contributed by atoms with Gasteiger partial charge < -0.3 is 25.1 Å². The summed E-state index contributed by atoms with van der Waals surface area (Å²) in [6, 6.07) is 7.17. The van der Waals surface area contributed by atoms with Crippen LogP contribution >= 0.6 is 11.3 Å². The zero-order chi connectivity index (χ0) is 27.5. The maximum absolute atomic E-state index is 13.3. The highest BCUT2D eigenvalue weighted by Crippen LogP contribution is 2.28. The Morgan fingerprint density at radius 2 is 1.82 bits per heavy atom. The second-order valence-corrected chi connectivity index (χ2v) is 10.6. The van der Waals surface area contributed by atoms with E-state index in [1.807, 2.05) is 44.2 Å². The van der Waals surface area contributed by atoms with Crippen LogP contribution in [0.3, 0.4) is 0 Å². The van der Waals surface area contributed by atoms with Gasteiger partial charge in [0, 0.05) is 11.8 Å². The van der Waals surface area contributed by atoms with Crippen LogP contribution in [0.1, 0.15) is 76.7 Å². The van der Waals surface area contributed by atoms with Crippen LogP contribution < -0.4 is 16.0 Å². The number of amides is 3. The molecule has 0 saturated carbocycles. The summed E-state index contributed by atoms with van der Waals surface area (Å²) in [7, 11) is 0. The van der Waals surface area contributed by atoms with Gasteiger partial charge in [0.05, 0.1) is 6.04 Å². The summed E-state index contributed by atoms with van der Waals surface area (Å²) in [6.45, 7) is 5.77. The smallest absolute Gasteiger partial charge is 0.273 e. The number of hydrogen-bond acceptors (Lipinski definition) is 9. The fourth-order valence-corrected chi connectivity index (χ4v) is 5.38. The van der Waals surface area contributed by atoms with Crippen LogP contribution in [-0.2, 0) is 16.0 Å². The Balaban J connectivity index is 1.51. The summed E-state index contributed by atoms with van der Waals surface area (Å²) in [4.78, 5) is 52.8. The molecule has 4 heterocycles. The van der Waals surface area contributed by atoms with E-state index in [1.54, 1.807) is 12.3 Å². The zero-order valence-electron chi connectivity index (χ0n) is 21.8. The zero-order valence-corrected chi connectivity index (χ0v) is 22.7. The molecular weight excluding hydrogens is 520 g/mol. The minimum atomic E-state index is -0.809. The van der Waals surface area contributed by atoms with Gasteiger partial charge in [-0.15, -0.1) is 11.3 Å². The Hall–Kier alpha value is -4.06. The molecule has 0 radical (unpaired) electrons. The number of benzene rings is 1. The predicted molar refractivity (Wildman–Crippen MR) is 143 cm³/mol. The summed E-state index contributed by atoms with van der Waals surface area (Å²) in [5.41, 5.74) is 1.28. The number of aliphatic imine (C=N–C) groups is 1. The lowest BCUT2D eigenvalue weighted by atomic mass is 9.99. The largest absolute Gasteiger partial charge is 0.477 e. The van der Waals surface area contributed by atoms with Crippen LogP contribution in [0, 0.1) is 5.92 Å². The molecule has 2 aromatic heterocycles. The highest BCUT2D eigenvalue weighted by atomic mass is 32.1. The van der Waals surface area contributed by atoms with Crippen molar-refractivity contribution in [3.63, 3.8) is 0 Å². The van der Waals surface area contributed by atoms with Crippen LogP contribution in [0.5, 0.6) is 0 Å². The van der Waals surface area contributed by atoms with E-state index in [4.69, 9.17) is 9.15 Å². The average molecular weight is 551 g/mol. The highest BCUT2D eigenvalue weighted by molar-refractivity contribution is 7.09. The number of hydrogen-bond donors (Lipinski definition) is 3. The van der Waals surface area contributed by atoms with Gasteiger partial charge in [-0.3, -0.25) is 14.4 Å². The molecule has 11 nitrogen and oxygen atoms in total. The number of rotatable bonds is 4. The number of nitrogens with one attached hydrogen (secondary N) is 3. The Labute approximate surface area is 229 Å². The van der Waals surface area contributed by atoms with Crippen LogP contribution in [0.15, 0.2) is 51.4 Å². The third-order valence-corrected chi connectivity index (χ3v) is 7.79. The molecule has 5 rings (SSSR count). The topological polar surface area (TPSA) is 148 Å². The number of oxazole rings is 1. The molecule has 0 saturated heterocycles. The first-order chi connectivity index (χ1) is 18.8. The molecule has 3 amide bonds. The molecule has 3 aromatic rings. The van der Waals surface area contributed by atoms with Crippen molar-refractivity contribution in [1.29, 1.82) is 0 Å². The van der Waals surface area contributed by atoms with Crippen molar-refractivity contribution < 1.29 is 23.5 Å². The lowest BCUT2D eigenvalue weighted by Crippen LogP contribution is -2.43. The predicted octanol–water partition coefficient (Wildman–Crippen LogP) is 2.98. The second kappa shape index (κ2) is 11.4. The van der Waals surface area contributed by atoms with Crippen molar-refractivity contribution in [3.8, 4) is 0 Å². The average Bonchev–Trinajstić information content (AvgIpc) is 3.72. The van der Waals surface area contributed by atoms with Crippen molar-refractivity contribution in [2.45, 2.75) is 57.8 Å². The molecule has 0 unspecified atom stereocenters. The maximum Gasteiger partial charge on any atom is 0.273 e. The molecule has 0 spiro atoms. The van der Waals surface area contributed by atoms with Gasteiger partial charge in [-0.1, -0.05) is 50.6 Å². The molecule has 6 bridgehead atoms. The summed E-state index contributed by atoms with van der Waals surface area (Å²) in [6.07, 6.45) is 2.45. The van der Waals surface area contributed by atoms with Crippen molar-refractivity contribution >= 4 is 35.0 Å². The van der Waals surface area contributed by atoms with E-state index < -0.39 is 36.0 Å². The van der Waals surface area contributed by atoms with Crippen molar-refractivity contribution in [2.24, 2.45) is 10.9 Å². The number of carbonyl (C=O) groups excluding carboxylic acids is 3. The van der Waals surface area contributed by atoms with E-state index in [-0.39, 0.29) is 41.6 Å². The molecule has 3 N–H and O–H groups in total. The third kappa shape index (κ3) is 5.85. The Morgan fingerprint density at radius 1 is 1.05 bits per heavy atom. The van der Waals surface area contributed by atoms with Crippen molar-refractivity contribution in [3.05, 3.63) is 69.8 Å². The van der Waals surface area contributed by atoms with Gasteiger partial charge in [-0.05, 0) is 18.4 Å². The molecule has 39 heavy (non-hydrogen) atoms. The van der Waals surface area contributed by atoms with Crippen LogP contribution in [0.4, 0.5) is 0 Å². The number of carbonyl (C=O) groups is 3. The van der Waals surface area contributed by atoms with Gasteiger partial charge in [0.15, 0.2) is 11.7 Å². The number of aromatic nitrogens is 2. The van der Waals surface area contributed by atoms with Crippen LogP contribution in [0.2, 0.25) is 0 Å². The quantitative estimate of drug-likeness (QED) is 0.452. The molecule has 2 aliphatic heterocycles. The second-order valence-electron chi connectivity index (χ2n) is 9.72. The molecule has 12 heteroatoms. The van der Waals surface area contributed by atoms with Gasteiger partial charge in [-0.25, -0.2) is 15.0 Å². The Kier molecular flexibility index (Phi) is 7.73. The Bertz CT molecular complexity index is 1390. The fraction of sp³-hybridized carbons (Fsp3) is 0.407. The standard InChI is InChI=1S/C27H30N6O5S/c1-4-14(2)21-27-32-20(13-39-27)24(36)29-17(10-16-8-6-5-7-9-16)26-31-18(12-38-26)22(34)28-15(3)25-30-19(11-37-25)23(35)33-21/h5-9,11,13-15,17-18,21H,4,10,12H2,1-3H3,(H,28,34)(H,29,36)(H,33,35)/t14-,15+,17-,18-,21+/m1/s1. The fourth-order valence-electron chi connectivity index (χ4n) is 4.39. The van der Waals surface area contributed by atoms with Crippen LogP contribution in [-0.4, -0.2) is 52.3 Å². The SMILES string of the molecule is CC[C@@H](C)[C@@H]1NC(=O)c2coc(n2)[C@H](C)NC(=O)[C@H]2COC(=N2)[C@@H](Cc2ccccc2)NC(=O)c2csc1n2. The van der Waals surface area contributed by atoms with E-state index in [2.05, 4.69) is 30.9 Å². The minimum absolute atomic E-state index is 0.0335. The molecule has 2 aliphatic rings. The first-order valence-corrected chi connectivity index (χ1v) is 13.8. The molecule has 0 fully saturated rings. The summed E-state index contributed by atoms with van der Waals surface area (Å²) >= 11 is 1.30. The van der Waals surface area contributed by atoms with Crippen LogP contribution in [0.25, 0.3) is 0 Å². The molecule has 0 aliphatic carbocycles. The van der Waals surface area contributed by atoms with Gasteiger partial charge in [0.2, 0.25) is 17.7 Å². The van der Waals surface area contributed by atoms with E-state index in [1.165, 1.54) is 17.6 Å². The van der Waals surface area contributed by atoms with Crippen molar-refractivity contribution in [2.75, 3.05) is 6.61 Å². The first-order valence-electron chi connectivity index (χ1n) is 12.9. The number of ether oxygens (including phenoxy) is 1. The number of fused-ring (bicyclic) bond motifs is 5.